The minimum atomic E-state index is -0.456. The Kier molecular flexibility index (Phi) is 5.06. The molecule has 0 saturated carbocycles. The molecule has 0 aromatic heterocycles. The second-order valence-corrected chi connectivity index (χ2v) is 4.33. The van der Waals surface area contributed by atoms with E-state index in [1.807, 2.05) is 11.9 Å². The van der Waals surface area contributed by atoms with Gasteiger partial charge in [-0.3, -0.25) is 4.90 Å². The largest absolute Gasteiger partial charge is 0.409 e. The van der Waals surface area contributed by atoms with E-state index in [0.717, 1.165) is 5.56 Å². The van der Waals surface area contributed by atoms with Crippen LogP contribution in [0.15, 0.2) is 23.4 Å². The summed E-state index contributed by atoms with van der Waals surface area (Å²) in [5.74, 6) is -0.575. The highest BCUT2D eigenvalue weighted by molar-refractivity contribution is 5.98. The number of hydrogen-bond acceptors (Lipinski definition) is 4. The summed E-state index contributed by atoms with van der Waals surface area (Å²) >= 11 is 0. The summed E-state index contributed by atoms with van der Waals surface area (Å²) in [5.41, 5.74) is 6.59. The molecular weight excluding hydrogens is 237 g/mol. The molecule has 1 atom stereocenters. The summed E-state index contributed by atoms with van der Waals surface area (Å²) in [6.07, 6.45) is -0.456. The number of aliphatic hydroxyl groups excluding tert-OH is 1. The zero-order valence-electron chi connectivity index (χ0n) is 10.5. The smallest absolute Gasteiger partial charge is 0.170 e. The number of nitrogens with two attached hydrogens (primary N) is 1. The van der Waals surface area contributed by atoms with Crippen LogP contribution in [0.2, 0.25) is 0 Å². The Morgan fingerprint density at radius 2 is 2.22 bits per heavy atom. The molecule has 5 nitrogen and oxygen atoms in total. The molecule has 1 rings (SSSR count). The van der Waals surface area contributed by atoms with E-state index in [4.69, 9.17) is 10.9 Å². The summed E-state index contributed by atoms with van der Waals surface area (Å²) in [7, 11) is 1.83. The molecule has 0 amide bonds. The standard InChI is InChI=1S/C12H18FN3O2/c1-8(17)6-16(2)7-9-3-4-10(13)5-11(9)12(14)15-18/h3-5,8,17-18H,6-7H2,1-2H3,(H2,14,15). The number of halogens is 1. The maximum Gasteiger partial charge on any atom is 0.170 e. The maximum atomic E-state index is 13.1. The van der Waals surface area contributed by atoms with Crippen molar-refractivity contribution in [2.75, 3.05) is 13.6 Å². The van der Waals surface area contributed by atoms with E-state index in [1.54, 1.807) is 13.0 Å². The molecular formula is C12H18FN3O2. The molecule has 1 aromatic carbocycles. The number of nitrogens with zero attached hydrogens (tertiary/aromatic N) is 2. The van der Waals surface area contributed by atoms with E-state index in [9.17, 15) is 9.50 Å². The Bertz CT molecular complexity index is 435. The van der Waals surface area contributed by atoms with Crippen LogP contribution in [0, 0.1) is 5.82 Å². The lowest BCUT2D eigenvalue weighted by Crippen LogP contribution is -2.28. The Morgan fingerprint density at radius 3 is 2.78 bits per heavy atom. The molecule has 18 heavy (non-hydrogen) atoms. The van der Waals surface area contributed by atoms with Crippen LogP contribution in [0.1, 0.15) is 18.1 Å². The first-order valence-corrected chi connectivity index (χ1v) is 5.57. The third kappa shape index (κ3) is 3.97. The number of hydrogen-bond donors (Lipinski definition) is 3. The second-order valence-electron chi connectivity index (χ2n) is 4.33. The van der Waals surface area contributed by atoms with Crippen LogP contribution in [0.3, 0.4) is 0 Å². The van der Waals surface area contributed by atoms with Gasteiger partial charge in [0.15, 0.2) is 5.84 Å². The lowest BCUT2D eigenvalue weighted by atomic mass is 10.1. The molecule has 1 aromatic rings. The summed E-state index contributed by atoms with van der Waals surface area (Å²) in [6.45, 7) is 2.63. The van der Waals surface area contributed by atoms with Crippen LogP contribution in [-0.2, 0) is 6.54 Å². The minimum Gasteiger partial charge on any atom is -0.409 e. The van der Waals surface area contributed by atoms with Crippen molar-refractivity contribution in [1.29, 1.82) is 0 Å². The first-order valence-electron chi connectivity index (χ1n) is 5.57. The third-order valence-corrected chi connectivity index (χ3v) is 2.47. The topological polar surface area (TPSA) is 82.1 Å². The van der Waals surface area contributed by atoms with Crippen LogP contribution in [0.4, 0.5) is 4.39 Å². The molecule has 0 radical (unpaired) electrons. The van der Waals surface area contributed by atoms with E-state index in [2.05, 4.69) is 5.16 Å². The molecule has 0 saturated heterocycles. The normalized spacial score (nSPS) is 13.9. The molecule has 0 aliphatic carbocycles. The average molecular weight is 255 g/mol. The van der Waals surface area contributed by atoms with E-state index >= 15 is 0 Å². The fraction of sp³-hybridized carbons (Fsp3) is 0.417. The SMILES string of the molecule is CC(O)CN(C)Cc1ccc(F)cc1C(N)=NO. The lowest BCUT2D eigenvalue weighted by Gasteiger charge is -2.19. The van der Waals surface area contributed by atoms with Gasteiger partial charge in [0.25, 0.3) is 0 Å². The summed E-state index contributed by atoms with van der Waals surface area (Å²) in [4.78, 5) is 1.87. The Labute approximate surface area is 105 Å². The molecule has 0 spiro atoms. The Hall–Kier alpha value is -1.66. The van der Waals surface area contributed by atoms with Crippen molar-refractivity contribution in [3.05, 3.63) is 35.1 Å². The predicted octanol–water partition coefficient (Wildman–Crippen LogP) is 0.733. The van der Waals surface area contributed by atoms with Crippen LogP contribution < -0.4 is 5.73 Å². The van der Waals surface area contributed by atoms with Gasteiger partial charge in [0.1, 0.15) is 5.82 Å². The van der Waals surface area contributed by atoms with E-state index < -0.39 is 11.9 Å². The number of oxime groups is 1. The van der Waals surface area contributed by atoms with E-state index in [-0.39, 0.29) is 5.84 Å². The minimum absolute atomic E-state index is 0.130. The summed E-state index contributed by atoms with van der Waals surface area (Å²) < 4.78 is 13.1. The molecule has 0 heterocycles. The van der Waals surface area contributed by atoms with Gasteiger partial charge < -0.3 is 16.0 Å². The summed E-state index contributed by atoms with van der Waals surface area (Å²) in [6, 6.07) is 4.13. The van der Waals surface area contributed by atoms with Crippen LogP contribution in [0.25, 0.3) is 0 Å². The molecule has 4 N–H and O–H groups in total. The quantitative estimate of drug-likeness (QED) is 0.313. The van der Waals surface area contributed by atoms with Crippen molar-refractivity contribution in [2.24, 2.45) is 10.9 Å². The molecule has 0 aliphatic rings. The highest BCUT2D eigenvalue weighted by Crippen LogP contribution is 2.13. The first-order chi connectivity index (χ1) is 8.43. The number of rotatable bonds is 5. The molecule has 1 unspecified atom stereocenters. The molecule has 6 heteroatoms. The Balaban J connectivity index is 2.94. The van der Waals surface area contributed by atoms with Gasteiger partial charge in [-0.2, -0.15) is 0 Å². The fourth-order valence-corrected chi connectivity index (χ4v) is 1.79. The van der Waals surface area contributed by atoms with Gasteiger partial charge in [0.05, 0.1) is 6.10 Å². The number of likely N-dealkylation sites (N-methyl/N-ethyl adjacent to an activating group) is 1. The van der Waals surface area contributed by atoms with Gasteiger partial charge in [0, 0.05) is 18.7 Å². The number of benzene rings is 1. The average Bonchev–Trinajstić information content (AvgIpc) is 2.29. The highest BCUT2D eigenvalue weighted by Gasteiger charge is 2.11. The maximum absolute atomic E-state index is 13.1. The predicted molar refractivity (Wildman–Crippen MR) is 66.9 cm³/mol. The van der Waals surface area contributed by atoms with Gasteiger partial charge in [-0.25, -0.2) is 4.39 Å². The van der Waals surface area contributed by atoms with Gasteiger partial charge in [-0.1, -0.05) is 11.2 Å². The van der Waals surface area contributed by atoms with E-state index in [1.165, 1.54) is 12.1 Å². The first kappa shape index (κ1) is 14.4. The highest BCUT2D eigenvalue weighted by atomic mass is 19.1. The number of aliphatic hydroxyl groups is 1. The lowest BCUT2D eigenvalue weighted by molar-refractivity contribution is 0.138. The third-order valence-electron chi connectivity index (χ3n) is 2.47. The van der Waals surface area contributed by atoms with Crippen LogP contribution >= 0.6 is 0 Å². The monoisotopic (exact) mass is 255 g/mol. The fourth-order valence-electron chi connectivity index (χ4n) is 1.79. The Morgan fingerprint density at radius 1 is 1.56 bits per heavy atom. The van der Waals surface area contributed by atoms with Gasteiger partial charge in [0.2, 0.25) is 0 Å². The molecule has 100 valence electrons. The molecule has 0 bridgehead atoms. The van der Waals surface area contributed by atoms with Crippen molar-refractivity contribution in [3.8, 4) is 0 Å². The van der Waals surface area contributed by atoms with Crippen LogP contribution in [0.5, 0.6) is 0 Å². The van der Waals surface area contributed by atoms with Gasteiger partial charge in [-0.05, 0) is 31.7 Å². The zero-order chi connectivity index (χ0) is 13.7. The second kappa shape index (κ2) is 6.32. The van der Waals surface area contributed by atoms with Crippen molar-refractivity contribution in [3.63, 3.8) is 0 Å². The van der Waals surface area contributed by atoms with Crippen molar-refractivity contribution in [2.45, 2.75) is 19.6 Å². The van der Waals surface area contributed by atoms with Crippen LogP contribution in [-0.4, -0.2) is 40.7 Å². The zero-order valence-corrected chi connectivity index (χ0v) is 10.5. The molecule has 0 fully saturated rings. The van der Waals surface area contributed by atoms with E-state index in [0.29, 0.717) is 18.7 Å². The number of amidine groups is 1. The van der Waals surface area contributed by atoms with Gasteiger partial charge in [-0.15, -0.1) is 0 Å². The van der Waals surface area contributed by atoms with Crippen molar-refractivity contribution >= 4 is 5.84 Å². The van der Waals surface area contributed by atoms with Gasteiger partial charge >= 0.3 is 0 Å². The van der Waals surface area contributed by atoms with Crippen molar-refractivity contribution < 1.29 is 14.7 Å². The van der Waals surface area contributed by atoms with Crippen molar-refractivity contribution in [1.82, 2.24) is 4.90 Å². The molecule has 0 aliphatic heterocycles. The summed E-state index contributed by atoms with van der Waals surface area (Å²) in [5, 5.41) is 20.8.